The Bertz CT molecular complexity index is 989. The van der Waals surface area contributed by atoms with E-state index in [4.69, 9.17) is 4.74 Å². The Hall–Kier alpha value is -3.67. The molecule has 1 aromatic heterocycles. The number of para-hydroxylation sites is 1. The van der Waals surface area contributed by atoms with Crippen LogP contribution in [0.25, 0.3) is 0 Å². The van der Waals surface area contributed by atoms with Crippen LogP contribution in [0.4, 0.5) is 11.4 Å². The van der Waals surface area contributed by atoms with Crippen LogP contribution in [0.5, 0.6) is 0 Å². The van der Waals surface area contributed by atoms with Gasteiger partial charge in [0, 0.05) is 6.20 Å². The summed E-state index contributed by atoms with van der Waals surface area (Å²) in [6.07, 6.45) is 3.11. The van der Waals surface area contributed by atoms with Crippen LogP contribution < -0.4 is 10.6 Å². The summed E-state index contributed by atoms with van der Waals surface area (Å²) in [5.74, 6) is -0.634. The second-order valence-corrected chi connectivity index (χ2v) is 6.46. The van der Waals surface area contributed by atoms with Crippen molar-refractivity contribution in [2.45, 2.75) is 19.9 Å². The van der Waals surface area contributed by atoms with Crippen molar-refractivity contribution in [2.75, 3.05) is 11.9 Å². The Labute approximate surface area is 169 Å². The van der Waals surface area contributed by atoms with Crippen LogP contribution in [0, 0.1) is 0 Å². The third-order valence-corrected chi connectivity index (χ3v) is 4.35. The molecular formula is C23H23N3O3. The highest BCUT2D eigenvalue weighted by Gasteiger charge is 2.14. The van der Waals surface area contributed by atoms with Crippen molar-refractivity contribution >= 4 is 23.3 Å². The second kappa shape index (κ2) is 9.50. The molecule has 6 heteroatoms. The number of hydrogen-bond acceptors (Lipinski definition) is 5. The molecule has 1 unspecified atom stereocenters. The average Bonchev–Trinajstić information content (AvgIpc) is 2.75. The number of amides is 1. The minimum absolute atomic E-state index is 0.134. The van der Waals surface area contributed by atoms with Crippen molar-refractivity contribution in [1.29, 1.82) is 0 Å². The fourth-order valence-electron chi connectivity index (χ4n) is 2.87. The fraction of sp³-hybridized carbons (Fsp3) is 0.174. The lowest BCUT2D eigenvalue weighted by atomic mass is 10.1. The van der Waals surface area contributed by atoms with E-state index >= 15 is 0 Å². The molecule has 0 bridgehead atoms. The van der Waals surface area contributed by atoms with Crippen LogP contribution >= 0.6 is 0 Å². The maximum atomic E-state index is 12.6. The van der Waals surface area contributed by atoms with E-state index in [1.807, 2.05) is 43.3 Å². The van der Waals surface area contributed by atoms with Gasteiger partial charge in [-0.25, -0.2) is 4.79 Å². The highest BCUT2D eigenvalue weighted by molar-refractivity contribution is 5.97. The third-order valence-electron chi connectivity index (χ3n) is 4.35. The smallest absolute Gasteiger partial charge is 0.340 e. The van der Waals surface area contributed by atoms with Gasteiger partial charge in [0.25, 0.3) is 5.91 Å². The molecule has 6 nitrogen and oxygen atoms in total. The molecule has 0 saturated carbocycles. The molecule has 3 aromatic rings. The maximum absolute atomic E-state index is 12.6. The van der Waals surface area contributed by atoms with Crippen molar-refractivity contribution in [3.05, 3.63) is 89.7 Å². The fourth-order valence-corrected chi connectivity index (χ4v) is 2.87. The molecule has 1 atom stereocenters. The quantitative estimate of drug-likeness (QED) is 0.582. The van der Waals surface area contributed by atoms with Gasteiger partial charge in [-0.3, -0.25) is 9.78 Å². The molecule has 0 spiro atoms. The van der Waals surface area contributed by atoms with Crippen molar-refractivity contribution in [1.82, 2.24) is 10.3 Å². The molecule has 1 amide bonds. The zero-order valence-electron chi connectivity index (χ0n) is 16.4. The standard InChI is InChI=1S/C23H23N3O3/c1-3-29-23(28)20-11-7-8-12-21(20)26-19-13-18(14-24-15-19)22(27)25-16(2)17-9-5-4-6-10-17/h4-16,26H,3H2,1-2H3,(H,25,27). The molecule has 1 heterocycles. The number of esters is 1. The van der Waals surface area contributed by atoms with Crippen LogP contribution in [-0.4, -0.2) is 23.5 Å². The number of benzene rings is 2. The lowest BCUT2D eigenvalue weighted by Crippen LogP contribution is -2.26. The van der Waals surface area contributed by atoms with Gasteiger partial charge < -0.3 is 15.4 Å². The Morgan fingerprint density at radius 2 is 1.76 bits per heavy atom. The molecule has 0 aliphatic heterocycles. The number of pyridine rings is 1. The lowest BCUT2D eigenvalue weighted by molar-refractivity contribution is 0.0527. The summed E-state index contributed by atoms with van der Waals surface area (Å²) < 4.78 is 5.10. The monoisotopic (exact) mass is 389 g/mol. The first-order chi connectivity index (χ1) is 14.1. The van der Waals surface area contributed by atoms with Gasteiger partial charge in [-0.15, -0.1) is 0 Å². The first-order valence-electron chi connectivity index (χ1n) is 9.42. The number of carbonyl (C=O) groups excluding carboxylic acids is 2. The van der Waals surface area contributed by atoms with Crippen molar-refractivity contribution in [2.24, 2.45) is 0 Å². The van der Waals surface area contributed by atoms with E-state index < -0.39 is 5.97 Å². The number of nitrogens with zero attached hydrogens (tertiary/aromatic N) is 1. The SMILES string of the molecule is CCOC(=O)c1ccccc1Nc1cncc(C(=O)NC(C)c2ccccc2)c1. The van der Waals surface area contributed by atoms with E-state index in [1.54, 1.807) is 37.4 Å². The molecule has 0 fully saturated rings. The second-order valence-electron chi connectivity index (χ2n) is 6.46. The average molecular weight is 389 g/mol. The van der Waals surface area contributed by atoms with E-state index in [0.29, 0.717) is 29.1 Å². The number of nitrogens with one attached hydrogen (secondary N) is 2. The van der Waals surface area contributed by atoms with Gasteiger partial charge in [-0.1, -0.05) is 42.5 Å². The predicted molar refractivity (Wildman–Crippen MR) is 112 cm³/mol. The van der Waals surface area contributed by atoms with Crippen LogP contribution in [0.3, 0.4) is 0 Å². The summed E-state index contributed by atoms with van der Waals surface area (Å²) in [6, 6.07) is 18.3. The van der Waals surface area contributed by atoms with E-state index in [2.05, 4.69) is 15.6 Å². The van der Waals surface area contributed by atoms with Crippen LogP contribution in [0.1, 0.15) is 46.2 Å². The summed E-state index contributed by atoms with van der Waals surface area (Å²) in [7, 11) is 0. The number of hydrogen-bond donors (Lipinski definition) is 2. The van der Waals surface area contributed by atoms with E-state index in [-0.39, 0.29) is 11.9 Å². The Morgan fingerprint density at radius 1 is 1.03 bits per heavy atom. The molecular weight excluding hydrogens is 366 g/mol. The minimum Gasteiger partial charge on any atom is -0.462 e. The van der Waals surface area contributed by atoms with E-state index in [9.17, 15) is 9.59 Å². The molecule has 0 aliphatic rings. The number of carbonyl (C=O) groups is 2. The van der Waals surface area contributed by atoms with Gasteiger partial charge in [0.2, 0.25) is 0 Å². The number of rotatable bonds is 7. The molecule has 29 heavy (non-hydrogen) atoms. The summed E-state index contributed by atoms with van der Waals surface area (Å²) in [6.45, 7) is 3.98. The van der Waals surface area contributed by atoms with Gasteiger partial charge in [0.15, 0.2) is 0 Å². The van der Waals surface area contributed by atoms with Gasteiger partial charge in [0.05, 0.1) is 41.3 Å². The molecule has 0 saturated heterocycles. The Balaban J connectivity index is 1.75. The Morgan fingerprint density at radius 3 is 2.52 bits per heavy atom. The van der Waals surface area contributed by atoms with Crippen molar-refractivity contribution in [3.8, 4) is 0 Å². The zero-order chi connectivity index (χ0) is 20.6. The summed E-state index contributed by atoms with van der Waals surface area (Å²) in [4.78, 5) is 28.9. The van der Waals surface area contributed by atoms with Crippen molar-refractivity contribution < 1.29 is 14.3 Å². The van der Waals surface area contributed by atoms with Gasteiger partial charge in [-0.05, 0) is 37.6 Å². The normalized spacial score (nSPS) is 11.4. The zero-order valence-corrected chi connectivity index (χ0v) is 16.4. The number of ether oxygens (including phenoxy) is 1. The first kappa shape index (κ1) is 20.1. The van der Waals surface area contributed by atoms with Gasteiger partial charge in [0.1, 0.15) is 0 Å². The number of aromatic nitrogens is 1. The molecule has 0 aliphatic carbocycles. The summed E-state index contributed by atoms with van der Waals surface area (Å²) in [5.41, 5.74) is 3.05. The maximum Gasteiger partial charge on any atom is 0.340 e. The highest BCUT2D eigenvalue weighted by Crippen LogP contribution is 2.22. The molecule has 0 radical (unpaired) electrons. The number of anilines is 2. The molecule has 2 N–H and O–H groups in total. The van der Waals surface area contributed by atoms with Gasteiger partial charge >= 0.3 is 5.97 Å². The third kappa shape index (κ3) is 5.19. The predicted octanol–water partition coefficient (Wildman–Crippen LogP) is 4.49. The lowest BCUT2D eigenvalue weighted by Gasteiger charge is -2.15. The topological polar surface area (TPSA) is 80.3 Å². The summed E-state index contributed by atoms with van der Waals surface area (Å²) >= 11 is 0. The molecule has 148 valence electrons. The van der Waals surface area contributed by atoms with E-state index in [0.717, 1.165) is 5.56 Å². The van der Waals surface area contributed by atoms with Crippen LogP contribution in [0.15, 0.2) is 73.1 Å². The van der Waals surface area contributed by atoms with Crippen LogP contribution in [-0.2, 0) is 4.74 Å². The molecule has 2 aromatic carbocycles. The largest absolute Gasteiger partial charge is 0.462 e. The van der Waals surface area contributed by atoms with E-state index in [1.165, 1.54) is 6.20 Å². The van der Waals surface area contributed by atoms with Crippen molar-refractivity contribution in [3.63, 3.8) is 0 Å². The van der Waals surface area contributed by atoms with Gasteiger partial charge in [-0.2, -0.15) is 0 Å². The van der Waals surface area contributed by atoms with Crippen LogP contribution in [0.2, 0.25) is 0 Å². The summed E-state index contributed by atoms with van der Waals surface area (Å²) in [5, 5.41) is 6.12. The first-order valence-corrected chi connectivity index (χ1v) is 9.42. The Kier molecular flexibility index (Phi) is 6.58. The minimum atomic E-state index is -0.408. The molecule has 3 rings (SSSR count). The highest BCUT2D eigenvalue weighted by atomic mass is 16.5.